The van der Waals surface area contributed by atoms with Gasteiger partial charge < -0.3 is 5.32 Å². The monoisotopic (exact) mass is 266 g/mol. The largest absolute Gasteiger partial charge is 0.374 e. The van der Waals surface area contributed by atoms with Crippen LogP contribution in [0.2, 0.25) is 0 Å². The van der Waals surface area contributed by atoms with Gasteiger partial charge in [0, 0.05) is 30.9 Å². The van der Waals surface area contributed by atoms with Gasteiger partial charge in [0.2, 0.25) is 0 Å². The maximum Gasteiger partial charge on any atom is 0.150 e. The molecule has 7 heteroatoms. The van der Waals surface area contributed by atoms with Gasteiger partial charge in [-0.25, -0.2) is 9.67 Å². The Labute approximate surface area is 111 Å². The number of aromatic nitrogens is 5. The SMILES string of the molecule is CCNc1snnc1Cn1nc(CC)nc1CC. The zero-order valence-corrected chi connectivity index (χ0v) is 11.8. The number of hydrogen-bond donors (Lipinski definition) is 1. The summed E-state index contributed by atoms with van der Waals surface area (Å²) in [5.74, 6) is 1.89. The van der Waals surface area contributed by atoms with Crippen LogP contribution in [-0.4, -0.2) is 30.9 Å². The molecule has 2 aromatic heterocycles. The fourth-order valence-corrected chi connectivity index (χ4v) is 2.35. The van der Waals surface area contributed by atoms with Crippen LogP contribution in [0.3, 0.4) is 0 Å². The van der Waals surface area contributed by atoms with E-state index in [1.54, 1.807) is 0 Å². The smallest absolute Gasteiger partial charge is 0.150 e. The normalized spacial score (nSPS) is 10.8. The van der Waals surface area contributed by atoms with Crippen molar-refractivity contribution in [3.05, 3.63) is 17.3 Å². The number of anilines is 1. The summed E-state index contributed by atoms with van der Waals surface area (Å²) in [7, 11) is 0. The summed E-state index contributed by atoms with van der Waals surface area (Å²) < 4.78 is 5.91. The lowest BCUT2D eigenvalue weighted by molar-refractivity contribution is 0.626. The molecule has 18 heavy (non-hydrogen) atoms. The van der Waals surface area contributed by atoms with Gasteiger partial charge in [-0.3, -0.25) is 0 Å². The number of aryl methyl sites for hydroxylation is 2. The summed E-state index contributed by atoms with van der Waals surface area (Å²) in [5, 5.41) is 12.9. The molecule has 0 spiro atoms. The highest BCUT2D eigenvalue weighted by atomic mass is 32.1. The van der Waals surface area contributed by atoms with Crippen molar-refractivity contribution in [1.82, 2.24) is 24.4 Å². The number of nitrogens with zero attached hydrogens (tertiary/aromatic N) is 5. The third kappa shape index (κ3) is 2.66. The Kier molecular flexibility index (Phi) is 4.24. The van der Waals surface area contributed by atoms with E-state index in [1.165, 1.54) is 11.5 Å². The molecule has 2 aromatic rings. The van der Waals surface area contributed by atoms with Gasteiger partial charge in [0.25, 0.3) is 0 Å². The average molecular weight is 266 g/mol. The maximum absolute atomic E-state index is 4.49. The first-order chi connectivity index (χ1) is 8.78. The molecule has 0 radical (unpaired) electrons. The van der Waals surface area contributed by atoms with E-state index in [1.807, 2.05) is 4.68 Å². The van der Waals surface area contributed by atoms with Gasteiger partial charge in [0.05, 0.1) is 6.54 Å². The third-order valence-corrected chi connectivity index (χ3v) is 3.34. The molecule has 98 valence electrons. The number of hydrogen-bond acceptors (Lipinski definition) is 6. The second-order valence-corrected chi connectivity index (χ2v) is 4.64. The van der Waals surface area contributed by atoms with E-state index in [0.717, 1.165) is 41.7 Å². The molecule has 0 aromatic carbocycles. The average Bonchev–Trinajstić information content (AvgIpc) is 2.97. The molecule has 2 heterocycles. The van der Waals surface area contributed by atoms with E-state index < -0.39 is 0 Å². The van der Waals surface area contributed by atoms with Crippen molar-refractivity contribution in [1.29, 1.82) is 0 Å². The first kappa shape index (κ1) is 12.9. The van der Waals surface area contributed by atoms with Gasteiger partial charge in [-0.2, -0.15) is 5.10 Å². The van der Waals surface area contributed by atoms with Gasteiger partial charge in [0.1, 0.15) is 16.5 Å². The van der Waals surface area contributed by atoms with E-state index in [2.05, 4.69) is 45.8 Å². The van der Waals surface area contributed by atoms with Crippen molar-refractivity contribution >= 4 is 16.5 Å². The lowest BCUT2D eigenvalue weighted by Crippen LogP contribution is -2.09. The van der Waals surface area contributed by atoms with Gasteiger partial charge in [0.15, 0.2) is 5.82 Å². The Bertz CT molecular complexity index is 503. The molecule has 0 aliphatic heterocycles. The fourth-order valence-electron chi connectivity index (χ4n) is 1.71. The molecular formula is C11H18N6S. The van der Waals surface area contributed by atoms with Crippen LogP contribution in [0.1, 0.15) is 38.1 Å². The number of nitrogens with one attached hydrogen (secondary N) is 1. The molecule has 0 amide bonds. The third-order valence-electron chi connectivity index (χ3n) is 2.62. The van der Waals surface area contributed by atoms with Crippen molar-refractivity contribution < 1.29 is 0 Å². The van der Waals surface area contributed by atoms with E-state index in [0.29, 0.717) is 6.54 Å². The molecule has 0 aliphatic rings. The topological polar surface area (TPSA) is 68.5 Å². The highest BCUT2D eigenvalue weighted by Gasteiger charge is 2.12. The summed E-state index contributed by atoms with van der Waals surface area (Å²) in [5.41, 5.74) is 0.934. The molecule has 0 saturated carbocycles. The maximum atomic E-state index is 4.49. The molecule has 0 bridgehead atoms. The Morgan fingerprint density at radius 3 is 2.72 bits per heavy atom. The van der Waals surface area contributed by atoms with Crippen molar-refractivity contribution in [3.63, 3.8) is 0 Å². The van der Waals surface area contributed by atoms with Crippen LogP contribution in [0.15, 0.2) is 0 Å². The van der Waals surface area contributed by atoms with E-state index >= 15 is 0 Å². The van der Waals surface area contributed by atoms with Gasteiger partial charge >= 0.3 is 0 Å². The minimum absolute atomic E-state index is 0.634. The van der Waals surface area contributed by atoms with Crippen LogP contribution in [0, 0.1) is 0 Å². The summed E-state index contributed by atoms with van der Waals surface area (Å²) in [6.07, 6.45) is 1.73. The first-order valence-corrected chi connectivity index (χ1v) is 7.03. The minimum atomic E-state index is 0.634. The predicted molar refractivity (Wildman–Crippen MR) is 72.0 cm³/mol. The lowest BCUT2D eigenvalue weighted by atomic mass is 10.4. The summed E-state index contributed by atoms with van der Waals surface area (Å²) in [4.78, 5) is 4.49. The van der Waals surface area contributed by atoms with Crippen LogP contribution < -0.4 is 5.32 Å². The Balaban J connectivity index is 2.22. The first-order valence-electron chi connectivity index (χ1n) is 6.26. The van der Waals surface area contributed by atoms with E-state index in [4.69, 9.17) is 0 Å². The molecule has 0 unspecified atom stereocenters. The van der Waals surface area contributed by atoms with Crippen LogP contribution >= 0.6 is 11.5 Å². The Morgan fingerprint density at radius 2 is 2.06 bits per heavy atom. The molecule has 6 nitrogen and oxygen atoms in total. The Morgan fingerprint density at radius 1 is 1.22 bits per heavy atom. The molecule has 1 N–H and O–H groups in total. The molecule has 0 aliphatic carbocycles. The standard InChI is InChI=1S/C11H18N6S/c1-4-9-13-10(5-2)17(15-9)7-8-11(12-6-3)18-16-14-8/h12H,4-7H2,1-3H3. The highest BCUT2D eigenvalue weighted by molar-refractivity contribution is 7.10. The van der Waals surface area contributed by atoms with Crippen LogP contribution in [0.25, 0.3) is 0 Å². The van der Waals surface area contributed by atoms with E-state index in [9.17, 15) is 0 Å². The molecule has 0 atom stereocenters. The summed E-state index contributed by atoms with van der Waals surface area (Å²) >= 11 is 1.39. The Hall–Kier alpha value is -1.50. The van der Waals surface area contributed by atoms with Crippen LogP contribution in [0.4, 0.5) is 5.00 Å². The molecule has 0 saturated heterocycles. The van der Waals surface area contributed by atoms with Crippen LogP contribution in [0.5, 0.6) is 0 Å². The van der Waals surface area contributed by atoms with Crippen molar-refractivity contribution in [2.24, 2.45) is 0 Å². The van der Waals surface area contributed by atoms with Crippen molar-refractivity contribution in [2.45, 2.75) is 40.2 Å². The minimum Gasteiger partial charge on any atom is -0.374 e. The second-order valence-electron chi connectivity index (χ2n) is 3.89. The van der Waals surface area contributed by atoms with Gasteiger partial charge in [-0.05, 0) is 6.92 Å². The highest BCUT2D eigenvalue weighted by Crippen LogP contribution is 2.18. The zero-order chi connectivity index (χ0) is 13.0. The molecular weight excluding hydrogens is 248 g/mol. The van der Waals surface area contributed by atoms with E-state index in [-0.39, 0.29) is 0 Å². The predicted octanol–water partition coefficient (Wildman–Crippen LogP) is 1.73. The fraction of sp³-hybridized carbons (Fsp3) is 0.636. The van der Waals surface area contributed by atoms with Gasteiger partial charge in [-0.15, -0.1) is 5.10 Å². The quantitative estimate of drug-likeness (QED) is 0.862. The lowest BCUT2D eigenvalue weighted by Gasteiger charge is -2.04. The van der Waals surface area contributed by atoms with Crippen molar-refractivity contribution in [2.75, 3.05) is 11.9 Å². The van der Waals surface area contributed by atoms with Crippen molar-refractivity contribution in [3.8, 4) is 0 Å². The molecule has 2 rings (SSSR count). The summed E-state index contributed by atoms with van der Waals surface area (Å²) in [6, 6.07) is 0. The summed E-state index contributed by atoms with van der Waals surface area (Å²) in [6.45, 7) is 7.72. The molecule has 0 fully saturated rings. The zero-order valence-electron chi connectivity index (χ0n) is 11.0. The van der Waals surface area contributed by atoms with Crippen LogP contribution in [-0.2, 0) is 19.4 Å². The number of rotatable bonds is 6. The van der Waals surface area contributed by atoms with Gasteiger partial charge in [-0.1, -0.05) is 18.3 Å². The second kappa shape index (κ2) is 5.90.